The number of hydrogen-bond acceptors (Lipinski definition) is 4. The Kier molecular flexibility index (Phi) is 4.24. The van der Waals surface area contributed by atoms with Gasteiger partial charge in [0.25, 0.3) is 0 Å². The van der Waals surface area contributed by atoms with Crippen LogP contribution in [0.4, 0.5) is 5.82 Å². The van der Waals surface area contributed by atoms with Gasteiger partial charge in [-0.1, -0.05) is 13.8 Å². The zero-order valence-corrected chi connectivity index (χ0v) is 10.7. The Morgan fingerprint density at radius 3 is 2.56 bits per heavy atom. The summed E-state index contributed by atoms with van der Waals surface area (Å²) >= 11 is 0. The first-order chi connectivity index (χ1) is 7.43. The molecule has 4 nitrogen and oxygen atoms in total. The second-order valence-corrected chi connectivity index (χ2v) is 5.00. The fourth-order valence-electron chi connectivity index (χ4n) is 1.62. The summed E-state index contributed by atoms with van der Waals surface area (Å²) in [6.45, 7) is 9.88. The maximum atomic E-state index is 5.58. The molecule has 90 valence electrons. The third kappa shape index (κ3) is 4.14. The third-order valence-electron chi connectivity index (χ3n) is 2.54. The molecule has 1 heterocycles. The Bertz CT molecular complexity index is 327. The summed E-state index contributed by atoms with van der Waals surface area (Å²) in [6.07, 6.45) is 1.00. The number of hydrogen-bond donors (Lipinski definition) is 2. The van der Waals surface area contributed by atoms with Gasteiger partial charge < -0.3 is 11.1 Å². The van der Waals surface area contributed by atoms with Crippen molar-refractivity contribution in [2.75, 3.05) is 18.4 Å². The molecule has 0 unspecified atom stereocenters. The molecule has 0 amide bonds. The van der Waals surface area contributed by atoms with Gasteiger partial charge in [0.15, 0.2) is 0 Å². The van der Waals surface area contributed by atoms with Gasteiger partial charge in [0, 0.05) is 18.3 Å². The molecule has 3 N–H and O–H groups in total. The minimum atomic E-state index is 0.196. The minimum Gasteiger partial charge on any atom is -0.369 e. The maximum Gasteiger partial charge on any atom is 0.129 e. The lowest BCUT2D eigenvalue weighted by molar-refractivity contribution is 0.365. The molecule has 0 aromatic carbocycles. The van der Waals surface area contributed by atoms with Crippen molar-refractivity contribution in [1.82, 2.24) is 9.97 Å². The highest BCUT2D eigenvalue weighted by atomic mass is 15.0. The number of aromatic nitrogens is 2. The van der Waals surface area contributed by atoms with Crippen LogP contribution in [0.1, 0.15) is 31.8 Å². The molecule has 1 aromatic rings. The van der Waals surface area contributed by atoms with E-state index in [1.54, 1.807) is 0 Å². The van der Waals surface area contributed by atoms with Gasteiger partial charge in [0.1, 0.15) is 11.6 Å². The van der Waals surface area contributed by atoms with Gasteiger partial charge in [0.2, 0.25) is 0 Å². The van der Waals surface area contributed by atoms with Gasteiger partial charge in [-0.2, -0.15) is 0 Å². The minimum absolute atomic E-state index is 0.196. The SMILES string of the molecule is Cc1cc(NCC(C)(C)CCN)nc(C)n1. The molecule has 0 atom stereocenters. The van der Waals surface area contributed by atoms with E-state index in [1.165, 1.54) is 0 Å². The van der Waals surface area contributed by atoms with Gasteiger partial charge in [-0.3, -0.25) is 0 Å². The second kappa shape index (κ2) is 5.25. The van der Waals surface area contributed by atoms with Crippen molar-refractivity contribution < 1.29 is 0 Å². The molecule has 16 heavy (non-hydrogen) atoms. The monoisotopic (exact) mass is 222 g/mol. The van der Waals surface area contributed by atoms with E-state index >= 15 is 0 Å². The van der Waals surface area contributed by atoms with Crippen molar-refractivity contribution in [2.24, 2.45) is 11.1 Å². The number of nitrogens with zero attached hydrogens (tertiary/aromatic N) is 2. The van der Waals surface area contributed by atoms with E-state index in [1.807, 2.05) is 19.9 Å². The Balaban J connectivity index is 2.60. The summed E-state index contributed by atoms with van der Waals surface area (Å²) in [5, 5.41) is 3.34. The summed E-state index contributed by atoms with van der Waals surface area (Å²) in [6, 6.07) is 1.96. The number of aryl methyl sites for hydroxylation is 2. The molecule has 0 spiro atoms. The van der Waals surface area contributed by atoms with Crippen molar-refractivity contribution in [2.45, 2.75) is 34.1 Å². The van der Waals surface area contributed by atoms with Crippen molar-refractivity contribution >= 4 is 5.82 Å². The van der Waals surface area contributed by atoms with E-state index in [2.05, 4.69) is 29.1 Å². The Morgan fingerprint density at radius 2 is 2.00 bits per heavy atom. The molecular formula is C12H22N4. The van der Waals surface area contributed by atoms with Gasteiger partial charge in [-0.25, -0.2) is 9.97 Å². The first-order valence-electron chi connectivity index (χ1n) is 5.69. The summed E-state index contributed by atoms with van der Waals surface area (Å²) < 4.78 is 0. The lowest BCUT2D eigenvalue weighted by atomic mass is 9.89. The van der Waals surface area contributed by atoms with Crippen molar-refractivity contribution in [3.63, 3.8) is 0 Å². The molecule has 0 aliphatic rings. The lowest BCUT2D eigenvalue weighted by Crippen LogP contribution is -2.26. The zero-order chi connectivity index (χ0) is 12.2. The van der Waals surface area contributed by atoms with Crippen LogP contribution in [0.3, 0.4) is 0 Å². The predicted molar refractivity (Wildman–Crippen MR) is 67.4 cm³/mol. The molecule has 0 fully saturated rings. The number of nitrogens with one attached hydrogen (secondary N) is 1. The quantitative estimate of drug-likeness (QED) is 0.798. The second-order valence-electron chi connectivity index (χ2n) is 5.00. The largest absolute Gasteiger partial charge is 0.369 e. The molecule has 0 aliphatic heterocycles. The molecule has 1 rings (SSSR count). The maximum absolute atomic E-state index is 5.58. The molecule has 0 saturated carbocycles. The van der Waals surface area contributed by atoms with Crippen LogP contribution in [0.5, 0.6) is 0 Å². The predicted octanol–water partition coefficient (Wildman–Crippen LogP) is 1.88. The standard InChI is InChI=1S/C12H22N4/c1-9-7-11(16-10(2)15-9)14-8-12(3,4)5-6-13/h7H,5-6,8,13H2,1-4H3,(H,14,15,16). The van der Waals surface area contributed by atoms with Crippen LogP contribution in [0.15, 0.2) is 6.07 Å². The Labute approximate surface area is 97.7 Å². The smallest absolute Gasteiger partial charge is 0.129 e. The Morgan fingerprint density at radius 1 is 1.31 bits per heavy atom. The van der Waals surface area contributed by atoms with E-state index in [-0.39, 0.29) is 5.41 Å². The Hall–Kier alpha value is -1.16. The van der Waals surface area contributed by atoms with Crippen LogP contribution in [-0.2, 0) is 0 Å². The highest BCUT2D eigenvalue weighted by Gasteiger charge is 2.16. The third-order valence-corrected chi connectivity index (χ3v) is 2.54. The van der Waals surface area contributed by atoms with Gasteiger partial charge >= 0.3 is 0 Å². The van der Waals surface area contributed by atoms with Crippen LogP contribution in [0.2, 0.25) is 0 Å². The number of rotatable bonds is 5. The lowest BCUT2D eigenvalue weighted by Gasteiger charge is -2.24. The normalized spacial score (nSPS) is 11.6. The molecule has 0 bridgehead atoms. The van der Waals surface area contributed by atoms with E-state index in [4.69, 9.17) is 5.73 Å². The fraction of sp³-hybridized carbons (Fsp3) is 0.667. The van der Waals surface area contributed by atoms with E-state index in [9.17, 15) is 0 Å². The van der Waals surface area contributed by atoms with Crippen LogP contribution < -0.4 is 11.1 Å². The van der Waals surface area contributed by atoms with Crippen molar-refractivity contribution in [1.29, 1.82) is 0 Å². The topological polar surface area (TPSA) is 63.8 Å². The summed E-state index contributed by atoms with van der Waals surface area (Å²) in [4.78, 5) is 8.59. The zero-order valence-electron chi connectivity index (χ0n) is 10.7. The van der Waals surface area contributed by atoms with Crippen molar-refractivity contribution in [3.05, 3.63) is 17.6 Å². The van der Waals surface area contributed by atoms with Crippen LogP contribution >= 0.6 is 0 Å². The van der Waals surface area contributed by atoms with Crippen molar-refractivity contribution in [3.8, 4) is 0 Å². The average Bonchev–Trinajstić information content (AvgIpc) is 2.13. The van der Waals surface area contributed by atoms with Crippen LogP contribution in [-0.4, -0.2) is 23.1 Å². The first kappa shape index (κ1) is 12.9. The molecule has 1 aromatic heterocycles. The van der Waals surface area contributed by atoms with E-state index < -0.39 is 0 Å². The summed E-state index contributed by atoms with van der Waals surface area (Å²) in [5.74, 6) is 1.70. The number of nitrogens with two attached hydrogens (primary N) is 1. The van der Waals surface area contributed by atoms with Gasteiger partial charge in [-0.05, 0) is 32.2 Å². The van der Waals surface area contributed by atoms with Crippen LogP contribution in [0.25, 0.3) is 0 Å². The highest BCUT2D eigenvalue weighted by molar-refractivity contribution is 5.35. The van der Waals surface area contributed by atoms with Crippen LogP contribution in [0, 0.1) is 19.3 Å². The van der Waals surface area contributed by atoms with E-state index in [0.717, 1.165) is 36.8 Å². The van der Waals surface area contributed by atoms with E-state index in [0.29, 0.717) is 0 Å². The summed E-state index contributed by atoms with van der Waals surface area (Å²) in [5.41, 5.74) is 6.77. The molecule has 0 aliphatic carbocycles. The molecular weight excluding hydrogens is 200 g/mol. The fourth-order valence-corrected chi connectivity index (χ4v) is 1.62. The molecule has 0 radical (unpaired) electrons. The summed E-state index contributed by atoms with van der Waals surface area (Å²) in [7, 11) is 0. The first-order valence-corrected chi connectivity index (χ1v) is 5.69. The number of anilines is 1. The van der Waals surface area contributed by atoms with Gasteiger partial charge in [-0.15, -0.1) is 0 Å². The average molecular weight is 222 g/mol. The highest BCUT2D eigenvalue weighted by Crippen LogP contribution is 2.19. The molecule has 4 heteroatoms. The van der Waals surface area contributed by atoms with Gasteiger partial charge in [0.05, 0.1) is 0 Å². The molecule has 0 saturated heterocycles.